The van der Waals surface area contributed by atoms with Gasteiger partial charge in [0.1, 0.15) is 5.82 Å². The van der Waals surface area contributed by atoms with Crippen molar-refractivity contribution in [2.24, 2.45) is 5.92 Å². The van der Waals surface area contributed by atoms with E-state index in [1.165, 1.54) is 43.2 Å². The highest BCUT2D eigenvalue weighted by Crippen LogP contribution is 2.28. The summed E-state index contributed by atoms with van der Waals surface area (Å²) in [5, 5.41) is 0. The van der Waals surface area contributed by atoms with Crippen LogP contribution in [0, 0.1) is 12.8 Å². The Kier molecular flexibility index (Phi) is 4.30. The van der Waals surface area contributed by atoms with Gasteiger partial charge < -0.3 is 4.57 Å². The Labute approximate surface area is 126 Å². The van der Waals surface area contributed by atoms with Crippen LogP contribution in [0.5, 0.6) is 0 Å². The lowest BCUT2D eigenvalue weighted by Crippen LogP contribution is -2.16. The summed E-state index contributed by atoms with van der Waals surface area (Å²) in [6, 6.07) is 6.59. The van der Waals surface area contributed by atoms with Gasteiger partial charge in [0.25, 0.3) is 0 Å². The Morgan fingerprint density at radius 1 is 1.25 bits per heavy atom. The van der Waals surface area contributed by atoms with Crippen molar-refractivity contribution in [2.75, 3.05) is 5.88 Å². The summed E-state index contributed by atoms with van der Waals surface area (Å²) < 4.78 is 2.42. The van der Waals surface area contributed by atoms with Crippen molar-refractivity contribution in [3.8, 4) is 0 Å². The van der Waals surface area contributed by atoms with Gasteiger partial charge in [-0.1, -0.05) is 25.3 Å². The minimum Gasteiger partial charge on any atom is -0.328 e. The first-order valence-electron chi connectivity index (χ1n) is 7.79. The fourth-order valence-corrected chi connectivity index (χ4v) is 3.57. The van der Waals surface area contributed by atoms with Crippen LogP contribution in [0.2, 0.25) is 0 Å². The summed E-state index contributed by atoms with van der Waals surface area (Å²) in [5.74, 6) is 2.62. The zero-order valence-corrected chi connectivity index (χ0v) is 13.0. The second-order valence-electron chi connectivity index (χ2n) is 6.07. The van der Waals surface area contributed by atoms with Crippen LogP contribution in [0.3, 0.4) is 0 Å². The van der Waals surface area contributed by atoms with Gasteiger partial charge in [0, 0.05) is 18.8 Å². The maximum atomic E-state index is 5.96. The van der Waals surface area contributed by atoms with Crippen LogP contribution < -0.4 is 0 Å². The highest BCUT2D eigenvalue weighted by Gasteiger charge is 2.17. The first kappa shape index (κ1) is 13.9. The van der Waals surface area contributed by atoms with Gasteiger partial charge in [-0.3, -0.25) is 0 Å². The Morgan fingerprint density at radius 3 is 2.80 bits per heavy atom. The molecule has 0 bridgehead atoms. The van der Waals surface area contributed by atoms with Gasteiger partial charge in [-0.25, -0.2) is 4.98 Å². The lowest BCUT2D eigenvalue weighted by molar-refractivity contribution is 0.319. The molecule has 1 aliphatic rings. The molecule has 0 atom stereocenters. The van der Waals surface area contributed by atoms with Crippen LogP contribution in [0.15, 0.2) is 18.2 Å². The van der Waals surface area contributed by atoms with Gasteiger partial charge in [-0.15, -0.1) is 11.6 Å². The predicted molar refractivity (Wildman–Crippen MR) is 85.5 cm³/mol. The van der Waals surface area contributed by atoms with E-state index in [9.17, 15) is 0 Å². The third-order valence-corrected chi connectivity index (χ3v) is 4.66. The molecule has 1 aromatic carbocycles. The van der Waals surface area contributed by atoms with E-state index in [0.717, 1.165) is 30.2 Å². The summed E-state index contributed by atoms with van der Waals surface area (Å²) in [4.78, 5) is 4.81. The fraction of sp³-hybridized carbons (Fsp3) is 0.588. The number of alkyl halides is 1. The molecule has 0 radical (unpaired) electrons. The molecule has 0 spiro atoms. The van der Waals surface area contributed by atoms with Crippen LogP contribution in [0.25, 0.3) is 11.0 Å². The van der Waals surface area contributed by atoms with Gasteiger partial charge in [0.2, 0.25) is 0 Å². The maximum absolute atomic E-state index is 5.96. The van der Waals surface area contributed by atoms with Crippen molar-refractivity contribution in [2.45, 2.75) is 52.0 Å². The zero-order chi connectivity index (χ0) is 13.9. The van der Waals surface area contributed by atoms with Crippen molar-refractivity contribution >= 4 is 22.6 Å². The van der Waals surface area contributed by atoms with E-state index in [-0.39, 0.29) is 0 Å². The van der Waals surface area contributed by atoms with Gasteiger partial charge in [0.05, 0.1) is 11.0 Å². The zero-order valence-electron chi connectivity index (χ0n) is 12.2. The van der Waals surface area contributed by atoms with Crippen LogP contribution >= 0.6 is 11.6 Å². The summed E-state index contributed by atoms with van der Waals surface area (Å²) in [6.45, 7) is 3.24. The Balaban J connectivity index is 1.95. The second-order valence-corrected chi connectivity index (χ2v) is 6.45. The Bertz CT molecular complexity index is 582. The quantitative estimate of drug-likeness (QED) is 0.746. The number of halogens is 1. The number of aryl methyl sites for hydroxylation is 2. The minimum absolute atomic E-state index is 0.646. The minimum atomic E-state index is 0.646. The van der Waals surface area contributed by atoms with E-state index >= 15 is 0 Å². The van der Waals surface area contributed by atoms with E-state index in [1.807, 2.05) is 0 Å². The lowest BCUT2D eigenvalue weighted by atomic mass is 9.89. The molecule has 0 unspecified atom stereocenters. The molecular weight excluding hydrogens is 268 g/mol. The molecule has 2 aromatic rings. The van der Waals surface area contributed by atoms with Crippen molar-refractivity contribution in [3.63, 3.8) is 0 Å². The molecule has 3 rings (SSSR count). The van der Waals surface area contributed by atoms with Crippen LogP contribution in [-0.2, 0) is 13.0 Å². The molecule has 0 saturated heterocycles. The molecule has 3 heteroatoms. The van der Waals surface area contributed by atoms with E-state index < -0.39 is 0 Å². The SMILES string of the molecule is Cc1ccc2c(c1)nc(CCCl)n2CC1CCCCC1. The molecule has 1 fully saturated rings. The maximum Gasteiger partial charge on any atom is 0.111 e. The molecule has 0 N–H and O–H groups in total. The summed E-state index contributed by atoms with van der Waals surface area (Å²) in [5.41, 5.74) is 3.68. The number of fused-ring (bicyclic) bond motifs is 1. The normalized spacial score (nSPS) is 16.9. The Morgan fingerprint density at radius 2 is 2.05 bits per heavy atom. The third kappa shape index (κ3) is 2.85. The van der Waals surface area contributed by atoms with Crippen molar-refractivity contribution in [1.29, 1.82) is 0 Å². The van der Waals surface area contributed by atoms with Gasteiger partial charge in [-0.2, -0.15) is 0 Å². The van der Waals surface area contributed by atoms with Gasteiger partial charge in [0.15, 0.2) is 0 Å². The van der Waals surface area contributed by atoms with Crippen molar-refractivity contribution in [1.82, 2.24) is 9.55 Å². The number of nitrogens with zero attached hydrogens (tertiary/aromatic N) is 2. The molecule has 1 saturated carbocycles. The fourth-order valence-electron chi connectivity index (χ4n) is 3.40. The van der Waals surface area contributed by atoms with Gasteiger partial charge in [-0.05, 0) is 43.4 Å². The highest BCUT2D eigenvalue weighted by molar-refractivity contribution is 6.17. The van der Waals surface area contributed by atoms with Crippen molar-refractivity contribution in [3.05, 3.63) is 29.6 Å². The molecule has 108 valence electrons. The molecule has 1 aromatic heterocycles. The van der Waals surface area contributed by atoms with Crippen LogP contribution in [0.1, 0.15) is 43.5 Å². The monoisotopic (exact) mass is 290 g/mol. The number of rotatable bonds is 4. The molecule has 0 aliphatic heterocycles. The smallest absolute Gasteiger partial charge is 0.111 e. The van der Waals surface area contributed by atoms with E-state index in [1.54, 1.807) is 0 Å². The number of benzene rings is 1. The molecule has 1 aliphatic carbocycles. The van der Waals surface area contributed by atoms with Gasteiger partial charge >= 0.3 is 0 Å². The predicted octanol–water partition coefficient (Wildman–Crippen LogP) is 4.71. The Hall–Kier alpha value is -1.02. The standard InChI is InChI=1S/C17H23ClN2/c1-13-7-8-16-15(11-13)19-17(9-10-18)20(16)12-14-5-3-2-4-6-14/h7-8,11,14H,2-6,9-10,12H2,1H3. The molecule has 20 heavy (non-hydrogen) atoms. The van der Waals surface area contributed by atoms with E-state index in [4.69, 9.17) is 16.6 Å². The number of hydrogen-bond donors (Lipinski definition) is 0. The lowest BCUT2D eigenvalue weighted by Gasteiger charge is -2.23. The largest absolute Gasteiger partial charge is 0.328 e. The van der Waals surface area contributed by atoms with Crippen molar-refractivity contribution < 1.29 is 0 Å². The summed E-state index contributed by atoms with van der Waals surface area (Å²) in [6.07, 6.45) is 7.79. The van der Waals surface area contributed by atoms with Crippen LogP contribution in [-0.4, -0.2) is 15.4 Å². The second kappa shape index (κ2) is 6.17. The average molecular weight is 291 g/mol. The molecular formula is C17H23ClN2. The summed E-state index contributed by atoms with van der Waals surface area (Å²) >= 11 is 5.96. The summed E-state index contributed by atoms with van der Waals surface area (Å²) in [7, 11) is 0. The molecule has 0 amide bonds. The number of aromatic nitrogens is 2. The average Bonchev–Trinajstić information content (AvgIpc) is 2.77. The van der Waals surface area contributed by atoms with Crippen LogP contribution in [0.4, 0.5) is 0 Å². The number of hydrogen-bond acceptors (Lipinski definition) is 1. The highest BCUT2D eigenvalue weighted by atomic mass is 35.5. The number of imidazole rings is 1. The third-order valence-electron chi connectivity index (χ3n) is 4.47. The topological polar surface area (TPSA) is 17.8 Å². The molecule has 1 heterocycles. The first-order valence-corrected chi connectivity index (χ1v) is 8.33. The first-order chi connectivity index (χ1) is 9.78. The molecule has 2 nitrogen and oxygen atoms in total. The van der Waals surface area contributed by atoms with E-state index in [2.05, 4.69) is 29.7 Å². The van der Waals surface area contributed by atoms with E-state index in [0.29, 0.717) is 5.88 Å².